The number of esters is 1. The fraction of sp³-hybridized carbons (Fsp3) is 0.0714. The van der Waals surface area contributed by atoms with Crippen molar-refractivity contribution in [1.82, 2.24) is 14.5 Å². The monoisotopic (exact) mass is 253 g/mol. The van der Waals surface area contributed by atoms with Crippen molar-refractivity contribution in [2.24, 2.45) is 0 Å². The number of fused-ring (bicyclic) bond motifs is 1. The Hall–Kier alpha value is -2.69. The highest BCUT2D eigenvalue weighted by molar-refractivity contribution is 5.96. The third kappa shape index (κ3) is 1.85. The maximum absolute atomic E-state index is 11.9. The van der Waals surface area contributed by atoms with E-state index in [2.05, 4.69) is 9.97 Å². The lowest BCUT2D eigenvalue weighted by molar-refractivity contribution is 0.0592. The van der Waals surface area contributed by atoms with Gasteiger partial charge >= 0.3 is 5.97 Å². The number of hydrogen-bond acceptors (Lipinski definition) is 4. The number of rotatable bonds is 2. The lowest BCUT2D eigenvalue weighted by Gasteiger charge is -2.06. The topological polar surface area (TPSA) is 57.0 Å². The van der Waals surface area contributed by atoms with Crippen LogP contribution in [0.15, 0.2) is 48.8 Å². The van der Waals surface area contributed by atoms with Gasteiger partial charge in [-0.25, -0.2) is 14.8 Å². The zero-order valence-electron chi connectivity index (χ0n) is 10.3. The molecule has 3 aromatic rings. The summed E-state index contributed by atoms with van der Waals surface area (Å²) < 4.78 is 6.51. The van der Waals surface area contributed by atoms with E-state index in [9.17, 15) is 4.79 Å². The van der Waals surface area contributed by atoms with E-state index >= 15 is 0 Å². The number of carbonyl (C=O) groups is 1. The summed E-state index contributed by atoms with van der Waals surface area (Å²) in [5.74, 6) is 0.0350. The van der Waals surface area contributed by atoms with Crippen molar-refractivity contribution < 1.29 is 9.53 Å². The molecule has 1 aromatic carbocycles. The van der Waals surface area contributed by atoms with Crippen molar-refractivity contribution >= 4 is 16.9 Å². The smallest absolute Gasteiger partial charge is 0.355 e. The molecule has 5 heteroatoms. The summed E-state index contributed by atoms with van der Waals surface area (Å²) >= 11 is 0. The highest BCUT2D eigenvalue weighted by Gasteiger charge is 2.18. The molecule has 0 bridgehead atoms. The fourth-order valence-corrected chi connectivity index (χ4v) is 2.03. The van der Waals surface area contributed by atoms with Crippen molar-refractivity contribution in [1.29, 1.82) is 0 Å². The maximum atomic E-state index is 11.9. The maximum Gasteiger partial charge on any atom is 0.355 e. The molecule has 0 atom stereocenters. The Morgan fingerprint density at radius 3 is 2.63 bits per heavy atom. The Morgan fingerprint density at radius 2 is 1.89 bits per heavy atom. The number of benzene rings is 1. The lowest BCUT2D eigenvalue weighted by atomic mass is 10.2. The minimum absolute atomic E-state index is 0.412. The molecule has 0 aliphatic heterocycles. The third-order valence-corrected chi connectivity index (χ3v) is 2.86. The molecule has 0 N–H and O–H groups in total. The normalized spacial score (nSPS) is 10.6. The Morgan fingerprint density at radius 1 is 1.16 bits per heavy atom. The Kier molecular flexibility index (Phi) is 2.72. The van der Waals surface area contributed by atoms with Crippen LogP contribution in [0.3, 0.4) is 0 Å². The van der Waals surface area contributed by atoms with Gasteiger partial charge in [-0.3, -0.25) is 4.57 Å². The van der Waals surface area contributed by atoms with E-state index in [1.165, 1.54) is 7.11 Å². The van der Waals surface area contributed by atoms with E-state index in [-0.39, 0.29) is 0 Å². The quantitative estimate of drug-likeness (QED) is 0.657. The summed E-state index contributed by atoms with van der Waals surface area (Å²) in [5, 5.41) is 0.940. The highest BCUT2D eigenvalue weighted by Crippen LogP contribution is 2.22. The fourth-order valence-electron chi connectivity index (χ4n) is 2.03. The molecule has 3 rings (SSSR count). The number of methoxy groups -OCH3 is 1. The Balaban J connectivity index is 2.34. The number of para-hydroxylation sites is 1. The minimum atomic E-state index is -0.413. The second kappa shape index (κ2) is 4.53. The molecule has 5 nitrogen and oxygen atoms in total. The first kappa shape index (κ1) is 11.4. The number of nitrogens with zero attached hydrogens (tertiary/aromatic N) is 3. The predicted octanol–water partition coefficient (Wildman–Crippen LogP) is 2.21. The summed E-state index contributed by atoms with van der Waals surface area (Å²) in [6.45, 7) is 0. The first-order valence-electron chi connectivity index (χ1n) is 5.77. The van der Waals surface area contributed by atoms with E-state index in [4.69, 9.17) is 4.74 Å². The standard InChI is InChI=1S/C14H11N3O2/c1-19-13(18)12-9-10-5-2-3-6-11(10)17(12)14-15-7-4-8-16-14/h2-9H,1H3. The van der Waals surface area contributed by atoms with Crippen molar-refractivity contribution in [3.8, 4) is 5.95 Å². The first-order valence-corrected chi connectivity index (χ1v) is 5.77. The van der Waals surface area contributed by atoms with Crippen molar-refractivity contribution in [2.75, 3.05) is 7.11 Å². The zero-order chi connectivity index (χ0) is 13.2. The van der Waals surface area contributed by atoms with Gasteiger partial charge in [-0.05, 0) is 18.2 Å². The SMILES string of the molecule is COC(=O)c1cc2ccccc2n1-c1ncccn1. The van der Waals surface area contributed by atoms with Gasteiger partial charge in [-0.1, -0.05) is 18.2 Å². The average Bonchev–Trinajstić information content (AvgIpc) is 2.86. The second-order valence-corrected chi connectivity index (χ2v) is 3.96. The van der Waals surface area contributed by atoms with E-state index < -0.39 is 5.97 Å². The van der Waals surface area contributed by atoms with Crippen LogP contribution in [0, 0.1) is 0 Å². The van der Waals surface area contributed by atoms with Crippen LogP contribution in [-0.2, 0) is 4.74 Å². The summed E-state index contributed by atoms with van der Waals surface area (Å²) in [4.78, 5) is 20.3. The predicted molar refractivity (Wildman–Crippen MR) is 70.2 cm³/mol. The molecular formula is C14H11N3O2. The molecule has 0 radical (unpaired) electrons. The van der Waals surface area contributed by atoms with Gasteiger partial charge in [0.05, 0.1) is 12.6 Å². The summed E-state index contributed by atoms with van der Waals surface area (Å²) in [5.41, 5.74) is 1.28. The Labute approximate surface area is 109 Å². The third-order valence-electron chi connectivity index (χ3n) is 2.86. The van der Waals surface area contributed by atoms with Crippen LogP contribution in [0.4, 0.5) is 0 Å². The zero-order valence-corrected chi connectivity index (χ0v) is 10.3. The minimum Gasteiger partial charge on any atom is -0.464 e. The van der Waals surface area contributed by atoms with Crippen molar-refractivity contribution in [2.45, 2.75) is 0 Å². The van der Waals surface area contributed by atoms with E-state index in [0.717, 1.165) is 10.9 Å². The molecule has 2 heterocycles. The van der Waals surface area contributed by atoms with Crippen molar-refractivity contribution in [3.63, 3.8) is 0 Å². The second-order valence-electron chi connectivity index (χ2n) is 3.96. The molecule has 0 aliphatic rings. The van der Waals surface area contributed by atoms with Crippen LogP contribution in [-0.4, -0.2) is 27.6 Å². The van der Waals surface area contributed by atoms with Crippen LogP contribution >= 0.6 is 0 Å². The van der Waals surface area contributed by atoms with Gasteiger partial charge in [0.1, 0.15) is 5.69 Å². The molecule has 0 saturated carbocycles. The Bertz CT molecular complexity index is 735. The number of aromatic nitrogens is 3. The van der Waals surface area contributed by atoms with Crippen molar-refractivity contribution in [3.05, 3.63) is 54.5 Å². The molecule has 0 spiro atoms. The van der Waals surface area contributed by atoms with Crippen LogP contribution in [0.5, 0.6) is 0 Å². The molecule has 0 fully saturated rings. The van der Waals surface area contributed by atoms with E-state index in [0.29, 0.717) is 11.6 Å². The van der Waals surface area contributed by atoms with Crippen LogP contribution in [0.1, 0.15) is 10.5 Å². The molecule has 94 valence electrons. The van der Waals surface area contributed by atoms with E-state index in [1.807, 2.05) is 24.3 Å². The number of hydrogen-bond donors (Lipinski definition) is 0. The molecule has 0 unspecified atom stereocenters. The van der Waals surface area contributed by atoms with Gasteiger partial charge in [0.25, 0.3) is 0 Å². The summed E-state index contributed by atoms with van der Waals surface area (Å²) in [7, 11) is 1.36. The average molecular weight is 253 g/mol. The molecular weight excluding hydrogens is 242 g/mol. The van der Waals surface area contributed by atoms with Crippen LogP contribution < -0.4 is 0 Å². The summed E-state index contributed by atoms with van der Waals surface area (Å²) in [6, 6.07) is 11.2. The highest BCUT2D eigenvalue weighted by atomic mass is 16.5. The van der Waals surface area contributed by atoms with Gasteiger partial charge in [0.15, 0.2) is 0 Å². The molecule has 0 aliphatic carbocycles. The lowest BCUT2D eigenvalue weighted by Crippen LogP contribution is -2.11. The van der Waals surface area contributed by atoms with Gasteiger partial charge in [-0.15, -0.1) is 0 Å². The van der Waals surface area contributed by atoms with E-state index in [1.54, 1.807) is 29.1 Å². The van der Waals surface area contributed by atoms with Gasteiger partial charge in [-0.2, -0.15) is 0 Å². The number of ether oxygens (including phenoxy) is 1. The molecule has 0 amide bonds. The first-order chi connectivity index (χ1) is 9.31. The van der Waals surface area contributed by atoms with Gasteiger partial charge in [0.2, 0.25) is 5.95 Å². The van der Waals surface area contributed by atoms with Gasteiger partial charge in [0, 0.05) is 17.8 Å². The van der Waals surface area contributed by atoms with Gasteiger partial charge < -0.3 is 4.74 Å². The summed E-state index contributed by atoms with van der Waals surface area (Å²) in [6.07, 6.45) is 3.27. The van der Waals surface area contributed by atoms with Crippen LogP contribution in [0.2, 0.25) is 0 Å². The molecule has 19 heavy (non-hydrogen) atoms. The molecule has 0 saturated heterocycles. The largest absolute Gasteiger partial charge is 0.464 e. The van der Waals surface area contributed by atoms with Crippen LogP contribution in [0.25, 0.3) is 16.9 Å². The number of carbonyl (C=O) groups excluding carboxylic acids is 1. The molecule has 2 aromatic heterocycles.